The first-order valence-corrected chi connectivity index (χ1v) is 6.67. The molecule has 2 rings (SSSR count). The van der Waals surface area contributed by atoms with Crippen LogP contribution in [0, 0.1) is 5.92 Å². The molecule has 0 spiro atoms. The summed E-state index contributed by atoms with van der Waals surface area (Å²) in [6.07, 6.45) is 4.85. The number of ether oxygens (including phenoxy) is 1. The lowest BCUT2D eigenvalue weighted by Gasteiger charge is -2.33. The third-order valence-electron chi connectivity index (χ3n) is 3.56. The fourth-order valence-corrected chi connectivity index (χ4v) is 2.30. The summed E-state index contributed by atoms with van der Waals surface area (Å²) in [5.74, 6) is 1.36. The van der Waals surface area contributed by atoms with Crippen molar-refractivity contribution in [3.8, 4) is 0 Å². The molecule has 0 bridgehead atoms. The number of esters is 1. The van der Waals surface area contributed by atoms with Crippen molar-refractivity contribution in [1.29, 1.82) is 0 Å². The van der Waals surface area contributed by atoms with Crippen molar-refractivity contribution in [3.63, 3.8) is 0 Å². The quantitative estimate of drug-likeness (QED) is 0.790. The monoisotopic (exact) mass is 251 g/mol. The van der Waals surface area contributed by atoms with E-state index in [-0.39, 0.29) is 11.8 Å². The molecule has 1 aromatic rings. The molecule has 4 heteroatoms. The van der Waals surface area contributed by atoms with E-state index >= 15 is 0 Å². The van der Waals surface area contributed by atoms with E-state index in [0.29, 0.717) is 5.92 Å². The molecule has 1 fully saturated rings. The maximum Gasteiger partial charge on any atom is 0.373 e. The number of nitrogens with one attached hydrogen (secondary N) is 1. The summed E-state index contributed by atoms with van der Waals surface area (Å²) in [6, 6.07) is 3.82. The van der Waals surface area contributed by atoms with Crippen molar-refractivity contribution >= 4 is 5.97 Å². The lowest BCUT2D eigenvalue weighted by Crippen LogP contribution is -2.32. The van der Waals surface area contributed by atoms with E-state index in [1.54, 1.807) is 6.07 Å². The number of carbonyl (C=O) groups excluding carboxylic acids is 1. The van der Waals surface area contributed by atoms with Crippen molar-refractivity contribution in [2.24, 2.45) is 5.92 Å². The van der Waals surface area contributed by atoms with Crippen molar-refractivity contribution in [1.82, 2.24) is 5.32 Å². The molecule has 1 unspecified atom stereocenters. The second-order valence-electron chi connectivity index (χ2n) is 4.82. The molecule has 1 heterocycles. The minimum atomic E-state index is -0.413. The minimum absolute atomic E-state index is 0.233. The summed E-state index contributed by atoms with van der Waals surface area (Å²) < 4.78 is 10.3. The van der Waals surface area contributed by atoms with Crippen molar-refractivity contribution in [2.75, 3.05) is 13.7 Å². The molecule has 0 radical (unpaired) electrons. The van der Waals surface area contributed by atoms with Gasteiger partial charge < -0.3 is 14.5 Å². The Morgan fingerprint density at radius 1 is 1.56 bits per heavy atom. The predicted molar refractivity (Wildman–Crippen MR) is 68.4 cm³/mol. The number of hydrogen-bond donors (Lipinski definition) is 1. The normalized spacial score (nSPS) is 17.2. The number of carbonyl (C=O) groups is 1. The minimum Gasteiger partial charge on any atom is -0.463 e. The molecule has 0 aromatic carbocycles. The van der Waals surface area contributed by atoms with Crippen molar-refractivity contribution in [3.05, 3.63) is 23.7 Å². The second-order valence-corrected chi connectivity index (χ2v) is 4.82. The van der Waals surface area contributed by atoms with E-state index in [1.807, 2.05) is 6.07 Å². The zero-order chi connectivity index (χ0) is 13.0. The van der Waals surface area contributed by atoms with E-state index in [4.69, 9.17) is 4.42 Å². The molecule has 4 nitrogen and oxygen atoms in total. The highest BCUT2D eigenvalue weighted by molar-refractivity contribution is 5.86. The molecule has 1 aromatic heterocycles. The Bertz CT molecular complexity index is 395. The first-order valence-electron chi connectivity index (χ1n) is 6.67. The Labute approximate surface area is 108 Å². The van der Waals surface area contributed by atoms with E-state index < -0.39 is 5.97 Å². The molecule has 0 aliphatic heterocycles. The molecule has 1 aliphatic carbocycles. The predicted octanol–water partition coefficient (Wildman–Crippen LogP) is 2.91. The van der Waals surface area contributed by atoms with Crippen LogP contribution in [0.4, 0.5) is 0 Å². The molecule has 0 saturated heterocycles. The zero-order valence-electron chi connectivity index (χ0n) is 11.1. The third kappa shape index (κ3) is 2.75. The summed E-state index contributed by atoms with van der Waals surface area (Å²) in [4.78, 5) is 11.4. The van der Waals surface area contributed by atoms with E-state index in [9.17, 15) is 4.79 Å². The molecular weight excluding hydrogens is 230 g/mol. The Kier molecular flexibility index (Phi) is 4.42. The number of furan rings is 1. The second kappa shape index (κ2) is 6.05. The van der Waals surface area contributed by atoms with Gasteiger partial charge in [0.2, 0.25) is 5.76 Å². The van der Waals surface area contributed by atoms with Crippen LogP contribution in [0.15, 0.2) is 16.5 Å². The van der Waals surface area contributed by atoms with E-state index in [1.165, 1.54) is 26.4 Å². The molecule has 1 saturated carbocycles. The van der Waals surface area contributed by atoms with Crippen molar-refractivity contribution < 1.29 is 13.9 Å². The molecule has 18 heavy (non-hydrogen) atoms. The Morgan fingerprint density at radius 2 is 2.33 bits per heavy atom. The van der Waals surface area contributed by atoms with Gasteiger partial charge in [0.25, 0.3) is 0 Å². The smallest absolute Gasteiger partial charge is 0.373 e. The first-order chi connectivity index (χ1) is 8.76. The molecule has 1 N–H and O–H groups in total. The van der Waals surface area contributed by atoms with Crippen LogP contribution in [-0.2, 0) is 4.74 Å². The highest BCUT2D eigenvalue weighted by atomic mass is 16.5. The van der Waals surface area contributed by atoms with Gasteiger partial charge in [-0.1, -0.05) is 13.3 Å². The zero-order valence-corrected chi connectivity index (χ0v) is 11.1. The maximum absolute atomic E-state index is 11.4. The standard InChI is InChI=1S/C14H21NO3/c1-3-9-15-13(10-5-4-6-10)11-7-8-12(18-11)14(16)17-2/h7-8,10,13,15H,3-6,9H2,1-2H3. The number of hydrogen-bond acceptors (Lipinski definition) is 4. The summed E-state index contributed by atoms with van der Waals surface area (Å²) in [6.45, 7) is 3.11. The highest BCUT2D eigenvalue weighted by Gasteiger charge is 2.30. The maximum atomic E-state index is 11.4. The van der Waals surface area contributed by atoms with Gasteiger partial charge in [0.15, 0.2) is 0 Å². The molecule has 1 aliphatic rings. The molecule has 100 valence electrons. The number of rotatable bonds is 6. The lowest BCUT2D eigenvalue weighted by molar-refractivity contribution is 0.0559. The van der Waals surface area contributed by atoms with Crippen LogP contribution in [0.25, 0.3) is 0 Å². The molecule has 0 amide bonds. The van der Waals surface area contributed by atoms with Gasteiger partial charge in [-0.15, -0.1) is 0 Å². The van der Waals surface area contributed by atoms with E-state index in [0.717, 1.165) is 18.7 Å². The van der Waals surface area contributed by atoms with Gasteiger partial charge in [0.05, 0.1) is 13.2 Å². The van der Waals surface area contributed by atoms with Gasteiger partial charge in [0.1, 0.15) is 5.76 Å². The average molecular weight is 251 g/mol. The highest BCUT2D eigenvalue weighted by Crippen LogP contribution is 2.38. The van der Waals surface area contributed by atoms with Gasteiger partial charge in [-0.05, 0) is 43.9 Å². The summed E-state index contributed by atoms with van der Waals surface area (Å²) >= 11 is 0. The number of methoxy groups -OCH3 is 1. The van der Waals surface area contributed by atoms with Gasteiger partial charge in [0, 0.05) is 0 Å². The summed E-state index contributed by atoms with van der Waals surface area (Å²) in [7, 11) is 1.36. The van der Waals surface area contributed by atoms with Crippen LogP contribution in [0.5, 0.6) is 0 Å². The summed E-state index contributed by atoms with van der Waals surface area (Å²) in [5, 5.41) is 3.51. The van der Waals surface area contributed by atoms with Gasteiger partial charge in [-0.2, -0.15) is 0 Å². The average Bonchev–Trinajstić information content (AvgIpc) is 2.80. The fourth-order valence-electron chi connectivity index (χ4n) is 2.30. The fraction of sp³-hybridized carbons (Fsp3) is 0.643. The van der Waals surface area contributed by atoms with Crippen molar-refractivity contribution in [2.45, 2.75) is 38.6 Å². The Balaban J connectivity index is 2.09. The molecule has 1 atom stereocenters. The van der Waals surface area contributed by atoms with Crippen LogP contribution in [0.2, 0.25) is 0 Å². The van der Waals surface area contributed by atoms with Crippen LogP contribution >= 0.6 is 0 Å². The first kappa shape index (κ1) is 13.1. The SMILES string of the molecule is CCCNC(c1ccc(C(=O)OC)o1)C1CCC1. The van der Waals surface area contributed by atoms with Gasteiger partial charge in [-0.3, -0.25) is 0 Å². The summed E-state index contributed by atoms with van der Waals surface area (Å²) in [5.41, 5.74) is 0. The Morgan fingerprint density at radius 3 is 2.89 bits per heavy atom. The van der Waals surface area contributed by atoms with Crippen LogP contribution in [-0.4, -0.2) is 19.6 Å². The third-order valence-corrected chi connectivity index (χ3v) is 3.56. The van der Waals surface area contributed by atoms with Crippen LogP contribution < -0.4 is 5.32 Å². The van der Waals surface area contributed by atoms with Crippen LogP contribution in [0.3, 0.4) is 0 Å². The molecular formula is C14H21NO3. The Hall–Kier alpha value is -1.29. The lowest BCUT2D eigenvalue weighted by atomic mass is 9.79. The van der Waals surface area contributed by atoms with E-state index in [2.05, 4.69) is 17.0 Å². The van der Waals surface area contributed by atoms with Gasteiger partial charge >= 0.3 is 5.97 Å². The van der Waals surface area contributed by atoms with Crippen LogP contribution in [0.1, 0.15) is 55.0 Å². The topological polar surface area (TPSA) is 51.5 Å². The largest absolute Gasteiger partial charge is 0.463 e. The van der Waals surface area contributed by atoms with Gasteiger partial charge in [-0.25, -0.2) is 4.79 Å².